The van der Waals surface area contributed by atoms with Gasteiger partial charge in [0.25, 0.3) is 11.8 Å². The van der Waals surface area contributed by atoms with E-state index in [0.29, 0.717) is 67.2 Å². The number of rotatable bonds is 2. The summed E-state index contributed by atoms with van der Waals surface area (Å²) in [7, 11) is 4.01. The van der Waals surface area contributed by atoms with Crippen molar-refractivity contribution in [1.29, 1.82) is 0 Å². The predicted octanol–water partition coefficient (Wildman–Crippen LogP) is 0.849. The number of nitrogen functional groups attached to an aromatic ring is 2. The minimum Gasteiger partial charge on any atom is -0.452 e. The summed E-state index contributed by atoms with van der Waals surface area (Å²) in [5, 5.41) is 0. The average molecular weight is 508 g/mol. The van der Waals surface area contributed by atoms with Crippen LogP contribution >= 0.6 is 0 Å². The van der Waals surface area contributed by atoms with E-state index in [1.807, 2.05) is 14.1 Å². The number of carbonyl (C=O) groups excluding carboxylic acids is 2. The largest absolute Gasteiger partial charge is 0.452 e. The van der Waals surface area contributed by atoms with Gasteiger partial charge in [-0.05, 0) is 34.0 Å². The Morgan fingerprint density at radius 3 is 1.97 bits per heavy atom. The molecule has 0 radical (unpaired) electrons. The third-order valence-corrected chi connectivity index (χ3v) is 7.64. The third kappa shape index (κ3) is 4.17. The molecular formula is C26H33N7O4. The Balaban J connectivity index is 1.73. The minimum atomic E-state index is -0.467. The van der Waals surface area contributed by atoms with Gasteiger partial charge < -0.3 is 35.5 Å². The summed E-state index contributed by atoms with van der Waals surface area (Å²) in [4.78, 5) is 52.9. The third-order valence-electron chi connectivity index (χ3n) is 7.64. The van der Waals surface area contributed by atoms with Crippen molar-refractivity contribution < 1.29 is 14.0 Å². The zero-order valence-electron chi connectivity index (χ0n) is 21.8. The smallest absolute Gasteiger partial charge is 0.258 e. The van der Waals surface area contributed by atoms with E-state index in [1.54, 1.807) is 29.7 Å². The first kappa shape index (κ1) is 25.0. The molecule has 4 N–H and O–H groups in total. The summed E-state index contributed by atoms with van der Waals surface area (Å²) >= 11 is 0. The van der Waals surface area contributed by atoms with Crippen molar-refractivity contribution in [2.45, 2.75) is 13.8 Å². The fraction of sp³-hybridized carbons (Fsp3) is 0.462. The topological polar surface area (TPSA) is 142 Å². The number of nitrogens with two attached hydrogens (primary N) is 2. The number of aromatic nitrogens is 1. The fourth-order valence-corrected chi connectivity index (χ4v) is 5.01. The summed E-state index contributed by atoms with van der Waals surface area (Å²) in [6.07, 6.45) is 0. The Morgan fingerprint density at radius 1 is 0.865 bits per heavy atom. The molecule has 196 valence electrons. The Morgan fingerprint density at radius 2 is 1.41 bits per heavy atom. The molecule has 0 saturated carbocycles. The van der Waals surface area contributed by atoms with Crippen LogP contribution in [0.15, 0.2) is 15.3 Å². The Hall–Kier alpha value is -3.70. The van der Waals surface area contributed by atoms with Crippen molar-refractivity contribution >= 4 is 34.3 Å². The monoisotopic (exact) mass is 507 g/mol. The number of aryl methyl sites for hydroxylation is 1. The van der Waals surface area contributed by atoms with Gasteiger partial charge in [-0.1, -0.05) is 0 Å². The van der Waals surface area contributed by atoms with Crippen LogP contribution in [0.5, 0.6) is 0 Å². The molecule has 37 heavy (non-hydrogen) atoms. The van der Waals surface area contributed by atoms with Crippen molar-refractivity contribution in [1.82, 2.24) is 24.6 Å². The van der Waals surface area contributed by atoms with Crippen LogP contribution in [0, 0.1) is 13.8 Å². The first-order valence-corrected chi connectivity index (χ1v) is 12.5. The van der Waals surface area contributed by atoms with Gasteiger partial charge in [0.1, 0.15) is 11.2 Å². The normalized spacial score (nSPS) is 17.6. The minimum absolute atomic E-state index is 0.0216. The quantitative estimate of drug-likeness (QED) is 0.381. The number of carbonyl (C=O) groups is 2. The Bertz CT molecular complexity index is 1430. The number of benzene rings is 2. The summed E-state index contributed by atoms with van der Waals surface area (Å²) in [5.74, 6) is -0.395. The first-order chi connectivity index (χ1) is 17.6. The van der Waals surface area contributed by atoms with Crippen LogP contribution in [0.1, 0.15) is 31.8 Å². The van der Waals surface area contributed by atoms with Crippen molar-refractivity contribution in [3.63, 3.8) is 0 Å². The maximum Gasteiger partial charge on any atom is 0.258 e. The highest BCUT2D eigenvalue weighted by Gasteiger charge is 2.33. The van der Waals surface area contributed by atoms with Gasteiger partial charge >= 0.3 is 0 Å². The number of piperazine rings is 2. The van der Waals surface area contributed by atoms with Crippen molar-refractivity contribution in [3.05, 3.63) is 38.5 Å². The van der Waals surface area contributed by atoms with E-state index >= 15 is 0 Å². The number of amides is 2. The van der Waals surface area contributed by atoms with Crippen LogP contribution in [0.25, 0.3) is 22.6 Å². The van der Waals surface area contributed by atoms with E-state index in [0.717, 1.165) is 13.1 Å². The zero-order chi connectivity index (χ0) is 26.6. The van der Waals surface area contributed by atoms with Gasteiger partial charge in [0.2, 0.25) is 5.43 Å². The van der Waals surface area contributed by atoms with Crippen molar-refractivity contribution in [3.8, 4) is 11.5 Å². The van der Waals surface area contributed by atoms with Gasteiger partial charge in [-0.2, -0.15) is 0 Å². The van der Waals surface area contributed by atoms with Crippen molar-refractivity contribution in [2.75, 3.05) is 77.9 Å². The highest BCUT2D eigenvalue weighted by Crippen LogP contribution is 2.37. The van der Waals surface area contributed by atoms with Crippen molar-refractivity contribution in [2.24, 2.45) is 0 Å². The number of hydrogen-bond donors (Lipinski definition) is 2. The van der Waals surface area contributed by atoms with Crippen LogP contribution in [0.2, 0.25) is 0 Å². The second kappa shape index (κ2) is 9.31. The summed E-state index contributed by atoms with van der Waals surface area (Å²) in [5.41, 5.74) is 14.3. The molecule has 0 aromatic heterocycles. The van der Waals surface area contributed by atoms with Crippen LogP contribution in [0.4, 0.5) is 11.4 Å². The van der Waals surface area contributed by atoms with Crippen LogP contribution in [-0.2, 0) is 0 Å². The van der Waals surface area contributed by atoms with Gasteiger partial charge in [-0.15, -0.1) is 0 Å². The lowest BCUT2D eigenvalue weighted by atomic mass is 9.98. The van der Waals surface area contributed by atoms with Crippen LogP contribution in [0.3, 0.4) is 0 Å². The molecule has 0 atom stereocenters. The Kier molecular flexibility index (Phi) is 6.28. The molecule has 3 heterocycles. The molecular weight excluding hydrogens is 474 g/mol. The molecule has 2 fully saturated rings. The number of fused-ring (bicyclic) bond motifs is 2. The molecule has 2 amide bonds. The standard InChI is InChI=1S/C26H33N7O4/c1-14-17(27)13-16(25(35)32-9-5-30(3)6-10-32)20-23(14)37-24-15(2)22(34)19(28)18(21(24)29-20)26(36)33-11-7-31(4)8-12-33/h13H,5-12,27-28H2,1-4H3. The van der Waals surface area contributed by atoms with Gasteiger partial charge in [0, 0.05) is 69.2 Å². The fourth-order valence-electron chi connectivity index (χ4n) is 5.01. The maximum atomic E-state index is 13.7. The van der Waals surface area contributed by atoms with Gasteiger partial charge in [0.15, 0.2) is 11.3 Å². The van der Waals surface area contributed by atoms with E-state index < -0.39 is 5.43 Å². The van der Waals surface area contributed by atoms with E-state index in [9.17, 15) is 14.4 Å². The molecule has 0 unspecified atom stereocenters. The summed E-state index contributed by atoms with van der Waals surface area (Å²) < 4.78 is 6.26. The molecule has 2 saturated heterocycles. The number of nitrogens with zero attached hydrogens (tertiary/aromatic N) is 5. The SMILES string of the molecule is Cc1c2oc3c(C)c(N)cc(C(=O)N4CCN(C)CC4)c3nc-2c(C(=O)N2CCN(C)CC2)c(N)c1=O. The highest BCUT2D eigenvalue weighted by atomic mass is 16.3. The van der Waals surface area contributed by atoms with Crippen LogP contribution in [-0.4, -0.2) is 103 Å². The number of anilines is 2. The van der Waals surface area contributed by atoms with Gasteiger partial charge in [-0.3, -0.25) is 14.4 Å². The van der Waals surface area contributed by atoms with E-state index in [-0.39, 0.29) is 40.1 Å². The van der Waals surface area contributed by atoms with E-state index in [1.165, 1.54) is 0 Å². The molecule has 11 heteroatoms. The lowest BCUT2D eigenvalue weighted by molar-refractivity contribution is 0.0659. The van der Waals surface area contributed by atoms with Gasteiger partial charge in [-0.25, -0.2) is 4.98 Å². The first-order valence-electron chi connectivity index (χ1n) is 12.5. The van der Waals surface area contributed by atoms with E-state index in [2.05, 4.69) is 9.80 Å². The molecule has 1 aliphatic carbocycles. The Labute approximate surface area is 214 Å². The predicted molar refractivity (Wildman–Crippen MR) is 142 cm³/mol. The summed E-state index contributed by atoms with van der Waals surface area (Å²) in [6, 6.07) is 1.62. The zero-order valence-corrected chi connectivity index (χ0v) is 21.8. The molecule has 1 aromatic carbocycles. The van der Waals surface area contributed by atoms with E-state index in [4.69, 9.17) is 20.9 Å². The van der Waals surface area contributed by atoms with Gasteiger partial charge in [0.05, 0.1) is 16.8 Å². The molecule has 11 nitrogen and oxygen atoms in total. The average Bonchev–Trinajstić information content (AvgIpc) is 2.89. The second-order valence-corrected chi connectivity index (χ2v) is 10.1. The molecule has 0 spiro atoms. The summed E-state index contributed by atoms with van der Waals surface area (Å²) in [6.45, 7) is 8.49. The lowest BCUT2D eigenvalue weighted by Crippen LogP contribution is -2.47. The highest BCUT2D eigenvalue weighted by molar-refractivity contribution is 6.09. The maximum absolute atomic E-state index is 13.7. The molecule has 1 aromatic rings. The van der Waals surface area contributed by atoms with Crippen LogP contribution < -0.4 is 16.9 Å². The second-order valence-electron chi connectivity index (χ2n) is 10.1. The molecule has 5 rings (SSSR count). The molecule has 4 aliphatic rings. The molecule has 3 aliphatic heterocycles. The number of hydrogen-bond acceptors (Lipinski definition) is 9. The number of likely N-dealkylation sites (N-methyl/N-ethyl adjacent to an activating group) is 2. The lowest BCUT2D eigenvalue weighted by Gasteiger charge is -2.33. The molecule has 0 bridgehead atoms.